The lowest BCUT2D eigenvalue weighted by Crippen LogP contribution is -2.15. The highest BCUT2D eigenvalue weighted by molar-refractivity contribution is 5.71. The van der Waals surface area contributed by atoms with Crippen molar-refractivity contribution < 1.29 is 0 Å². The van der Waals surface area contributed by atoms with Gasteiger partial charge in [-0.05, 0) is 85.3 Å². The van der Waals surface area contributed by atoms with Gasteiger partial charge in [0.1, 0.15) is 0 Å². The molecule has 0 aliphatic heterocycles. The minimum absolute atomic E-state index is 0.272. The zero-order chi connectivity index (χ0) is 45.5. The minimum atomic E-state index is -0.455. The Bertz CT molecular complexity index is 2830. The van der Waals surface area contributed by atoms with Crippen LogP contribution in [0.5, 0.6) is 0 Å². The summed E-state index contributed by atoms with van der Waals surface area (Å²) >= 11 is 0. The second kappa shape index (κ2) is 16.9. The molecule has 0 fully saturated rings. The molecule has 12 heteroatoms. The van der Waals surface area contributed by atoms with Gasteiger partial charge in [0.25, 0.3) is 0 Å². The fourth-order valence-electron chi connectivity index (χ4n) is 7.47. The molecule has 322 valence electrons. The first-order valence-corrected chi connectivity index (χ1v) is 21.4. The first kappa shape index (κ1) is 43.1. The zero-order valence-electron chi connectivity index (χ0n) is 38.2. The van der Waals surface area contributed by atoms with Crippen molar-refractivity contribution in [3.8, 4) is 45.3 Å². The average Bonchev–Trinajstić information content (AvgIpc) is 3.79. The molecule has 8 aromatic rings. The van der Waals surface area contributed by atoms with Crippen molar-refractivity contribution in [3.05, 3.63) is 155 Å². The molecule has 0 amide bonds. The second-order valence-electron chi connectivity index (χ2n) is 18.4. The molecule has 5 aromatic carbocycles. The van der Waals surface area contributed by atoms with Gasteiger partial charge in [-0.25, -0.2) is 9.97 Å². The van der Waals surface area contributed by atoms with E-state index in [0.717, 1.165) is 38.9 Å². The summed E-state index contributed by atoms with van der Waals surface area (Å²) in [5.41, 5.74) is 26.4. The van der Waals surface area contributed by atoms with Crippen molar-refractivity contribution in [3.63, 3.8) is 0 Å². The van der Waals surface area contributed by atoms with Gasteiger partial charge in [0, 0.05) is 22.5 Å². The first-order chi connectivity index (χ1) is 30.4. The topological polar surface area (TPSA) is 163 Å². The Morgan fingerprint density at radius 2 is 0.797 bits per heavy atom. The van der Waals surface area contributed by atoms with Crippen LogP contribution in [0.25, 0.3) is 45.3 Å². The van der Waals surface area contributed by atoms with Crippen LogP contribution in [0.1, 0.15) is 75.2 Å². The zero-order valence-corrected chi connectivity index (χ0v) is 38.2. The Labute approximate surface area is 374 Å². The van der Waals surface area contributed by atoms with E-state index in [-0.39, 0.29) is 11.6 Å². The van der Waals surface area contributed by atoms with E-state index in [1.165, 1.54) is 11.1 Å². The molecule has 0 bridgehead atoms. The third-order valence-electron chi connectivity index (χ3n) is 11.1. The number of hydrogen-bond donors (Lipinski definition) is 2. The molecule has 3 heterocycles. The largest absolute Gasteiger partial charge is 0.382 e. The van der Waals surface area contributed by atoms with Gasteiger partial charge in [-0.1, -0.05) is 144 Å². The van der Waals surface area contributed by atoms with Crippen LogP contribution in [0, 0.1) is 27.7 Å². The molecule has 0 saturated carbocycles. The molecule has 0 saturated heterocycles. The quantitative estimate of drug-likeness (QED) is 0.137. The number of benzene rings is 5. The van der Waals surface area contributed by atoms with Crippen molar-refractivity contribution in [1.29, 1.82) is 0 Å². The van der Waals surface area contributed by atoms with Gasteiger partial charge in [-0.2, -0.15) is 29.8 Å². The summed E-state index contributed by atoms with van der Waals surface area (Å²) in [7, 11) is 0. The fraction of sp³-hybridized carbons (Fsp3) is 0.231. The van der Waals surface area contributed by atoms with E-state index in [1.54, 1.807) is 15.4 Å². The lowest BCUT2D eigenvalue weighted by Gasteiger charge is -2.16. The van der Waals surface area contributed by atoms with Crippen LogP contribution in [0.2, 0.25) is 0 Å². The number of aromatic nitrogens is 6. The predicted molar refractivity (Wildman–Crippen MR) is 259 cm³/mol. The van der Waals surface area contributed by atoms with Gasteiger partial charge in [0.15, 0.2) is 40.5 Å². The normalized spacial score (nSPS) is 12.2. The molecule has 0 atom stereocenters. The summed E-state index contributed by atoms with van der Waals surface area (Å²) in [6.07, 6.45) is 0. The van der Waals surface area contributed by atoms with E-state index < -0.39 is 10.8 Å². The molecule has 0 spiro atoms. The van der Waals surface area contributed by atoms with Crippen molar-refractivity contribution in [2.24, 2.45) is 20.5 Å². The summed E-state index contributed by atoms with van der Waals surface area (Å²) in [6.45, 7) is 20.6. The molecule has 64 heavy (non-hydrogen) atoms. The summed E-state index contributed by atoms with van der Waals surface area (Å²) in [6, 6.07) is 40.7. The Hall–Kier alpha value is -7.60. The molecule has 3 aromatic heterocycles. The fourth-order valence-corrected chi connectivity index (χ4v) is 7.47. The van der Waals surface area contributed by atoms with Crippen molar-refractivity contribution in [2.45, 2.75) is 80.1 Å². The lowest BCUT2D eigenvalue weighted by atomic mass is 9.91. The molecular formula is C52H54N12. The third-order valence-corrected chi connectivity index (χ3v) is 11.1. The Balaban J connectivity index is 1.22. The van der Waals surface area contributed by atoms with Crippen LogP contribution >= 0.6 is 0 Å². The van der Waals surface area contributed by atoms with E-state index in [1.807, 2.05) is 80.6 Å². The van der Waals surface area contributed by atoms with Crippen LogP contribution in [-0.2, 0) is 10.8 Å². The van der Waals surface area contributed by atoms with E-state index in [2.05, 4.69) is 114 Å². The van der Waals surface area contributed by atoms with E-state index in [9.17, 15) is 0 Å². The van der Waals surface area contributed by atoms with Crippen LogP contribution in [0.3, 0.4) is 0 Å². The SMILES string of the molecule is Cc1ccc(-c2ccc(N=Nc3c(C(C)(C)C)nn(-c4cc(-n5nc(C(C)(C)C)c(N=Nc6ccc(-c7ccc(C)cc7)cc6)c5N)nc(-c5c(C)cccc5C)n4)c3N)cc2)cc1. The van der Waals surface area contributed by atoms with Crippen LogP contribution < -0.4 is 11.5 Å². The standard InChI is InChI=1S/C52H54N12/c1-31-14-18-35(19-15-31)37-22-26-39(27-23-37)57-59-44-46(51(5,6)7)61-63(48(44)53)41-30-42(56-50(55-41)43-33(3)12-11-13-34(43)4)64-49(54)45(47(62-64)52(8,9)10)60-58-40-28-24-38(25-29-40)36-20-16-32(2)17-21-36/h11-30H,53-54H2,1-10H3. The van der Waals surface area contributed by atoms with Gasteiger partial charge >= 0.3 is 0 Å². The van der Waals surface area contributed by atoms with Gasteiger partial charge in [-0.15, -0.1) is 10.2 Å². The van der Waals surface area contributed by atoms with Crippen LogP contribution in [-0.4, -0.2) is 29.5 Å². The maximum absolute atomic E-state index is 7.02. The summed E-state index contributed by atoms with van der Waals surface area (Å²) < 4.78 is 3.20. The number of anilines is 2. The van der Waals surface area contributed by atoms with Gasteiger partial charge in [-0.3, -0.25) is 0 Å². The smallest absolute Gasteiger partial charge is 0.164 e. The maximum atomic E-state index is 7.02. The highest BCUT2D eigenvalue weighted by atomic mass is 15.4. The number of aryl methyl sites for hydroxylation is 4. The third kappa shape index (κ3) is 8.85. The Morgan fingerprint density at radius 3 is 1.14 bits per heavy atom. The number of hydrogen-bond acceptors (Lipinski definition) is 10. The first-order valence-electron chi connectivity index (χ1n) is 21.4. The Morgan fingerprint density at radius 1 is 0.453 bits per heavy atom. The van der Waals surface area contributed by atoms with E-state index in [4.69, 9.17) is 41.9 Å². The lowest BCUT2D eigenvalue weighted by molar-refractivity contribution is 0.559. The summed E-state index contributed by atoms with van der Waals surface area (Å²) in [5.74, 6) is 1.80. The highest BCUT2D eigenvalue weighted by Crippen LogP contribution is 2.41. The predicted octanol–water partition coefficient (Wildman–Crippen LogP) is 13.7. The maximum Gasteiger partial charge on any atom is 0.164 e. The molecule has 0 aliphatic rings. The monoisotopic (exact) mass is 846 g/mol. The van der Waals surface area contributed by atoms with Crippen molar-refractivity contribution >= 4 is 34.4 Å². The number of azo groups is 2. The van der Waals surface area contributed by atoms with Crippen LogP contribution in [0.15, 0.2) is 142 Å². The average molecular weight is 847 g/mol. The molecular weight excluding hydrogens is 793 g/mol. The van der Waals surface area contributed by atoms with Crippen LogP contribution in [0.4, 0.5) is 34.4 Å². The summed E-state index contributed by atoms with van der Waals surface area (Å²) in [5, 5.41) is 28.9. The molecule has 0 unspecified atom stereocenters. The number of nitrogens with two attached hydrogens (primary N) is 2. The van der Waals surface area contributed by atoms with Gasteiger partial charge in [0.2, 0.25) is 0 Å². The highest BCUT2D eigenvalue weighted by Gasteiger charge is 2.30. The minimum Gasteiger partial charge on any atom is -0.382 e. The molecule has 8 rings (SSSR count). The molecule has 0 aliphatic carbocycles. The Kier molecular flexibility index (Phi) is 11.4. The van der Waals surface area contributed by atoms with Gasteiger partial charge in [0.05, 0.1) is 22.8 Å². The number of nitrogen functional groups attached to an aromatic ring is 2. The molecule has 4 N–H and O–H groups in total. The number of rotatable bonds is 9. The second-order valence-corrected chi connectivity index (χ2v) is 18.4. The van der Waals surface area contributed by atoms with E-state index >= 15 is 0 Å². The molecule has 0 radical (unpaired) electrons. The van der Waals surface area contributed by atoms with Gasteiger partial charge < -0.3 is 11.5 Å². The molecule has 12 nitrogen and oxygen atoms in total. The number of nitrogens with zero attached hydrogens (tertiary/aromatic N) is 10. The van der Waals surface area contributed by atoms with Crippen molar-refractivity contribution in [1.82, 2.24) is 29.5 Å². The summed E-state index contributed by atoms with van der Waals surface area (Å²) in [4.78, 5) is 10.2. The van der Waals surface area contributed by atoms with Crippen molar-refractivity contribution in [2.75, 3.05) is 11.5 Å². The van der Waals surface area contributed by atoms with E-state index in [0.29, 0.717) is 51.6 Å².